The maximum atomic E-state index is 5.67. The molecule has 2 heterocycles. The smallest absolute Gasteiger partial charge is 0.104 e. The van der Waals surface area contributed by atoms with Crippen LogP contribution < -0.4 is 5.73 Å². The van der Waals surface area contributed by atoms with Crippen LogP contribution in [0.3, 0.4) is 0 Å². The second-order valence-corrected chi connectivity index (χ2v) is 3.19. The highest BCUT2D eigenvalue weighted by Crippen LogP contribution is 2.07. The Morgan fingerprint density at radius 2 is 2.21 bits per heavy atom. The van der Waals surface area contributed by atoms with Gasteiger partial charge in [-0.05, 0) is 6.92 Å². The quantitative estimate of drug-likeness (QED) is 0.724. The highest BCUT2D eigenvalue weighted by Gasteiger charge is 2.03. The van der Waals surface area contributed by atoms with Crippen molar-refractivity contribution >= 4 is 5.69 Å². The second kappa shape index (κ2) is 3.13. The fourth-order valence-corrected chi connectivity index (χ4v) is 1.24. The van der Waals surface area contributed by atoms with Gasteiger partial charge in [-0.2, -0.15) is 20.1 Å². The van der Waals surface area contributed by atoms with Gasteiger partial charge in [0.2, 0.25) is 0 Å². The van der Waals surface area contributed by atoms with Crippen LogP contribution in [0.25, 0.3) is 0 Å². The molecule has 0 aliphatic carbocycles. The molecule has 0 spiro atoms. The fourth-order valence-electron chi connectivity index (χ4n) is 1.24. The van der Waals surface area contributed by atoms with Gasteiger partial charge >= 0.3 is 0 Å². The van der Waals surface area contributed by atoms with Gasteiger partial charge in [0.25, 0.3) is 0 Å². The minimum atomic E-state index is 0.603. The van der Waals surface area contributed by atoms with E-state index in [4.69, 9.17) is 5.73 Å². The molecular weight excluding hydrogens is 180 g/mol. The number of nitrogen functional groups attached to an aromatic ring is 1. The van der Waals surface area contributed by atoms with E-state index in [1.807, 2.05) is 6.92 Å². The number of aryl methyl sites for hydroxylation is 2. The van der Waals surface area contributed by atoms with Gasteiger partial charge in [0.05, 0.1) is 24.1 Å². The van der Waals surface area contributed by atoms with Gasteiger partial charge in [0, 0.05) is 13.2 Å². The van der Waals surface area contributed by atoms with E-state index in [1.54, 1.807) is 24.1 Å². The SMILES string of the molecule is Cc1nn(Cc2cnn(C)n2)cc1N. The first-order valence-corrected chi connectivity index (χ1v) is 4.30. The molecule has 2 rings (SSSR count). The number of nitrogens with two attached hydrogens (primary N) is 1. The Morgan fingerprint density at radius 3 is 2.71 bits per heavy atom. The number of hydrogen-bond donors (Lipinski definition) is 1. The summed E-state index contributed by atoms with van der Waals surface area (Å²) in [4.78, 5) is 1.52. The van der Waals surface area contributed by atoms with E-state index < -0.39 is 0 Å². The molecule has 0 fully saturated rings. The highest BCUT2D eigenvalue weighted by molar-refractivity contribution is 5.39. The molecule has 74 valence electrons. The first kappa shape index (κ1) is 8.74. The van der Waals surface area contributed by atoms with Gasteiger partial charge in [-0.25, -0.2) is 0 Å². The number of aromatic nitrogens is 5. The van der Waals surface area contributed by atoms with Crippen LogP contribution in [0.1, 0.15) is 11.4 Å². The Balaban J connectivity index is 2.18. The van der Waals surface area contributed by atoms with Crippen LogP contribution in [0.4, 0.5) is 5.69 Å². The summed E-state index contributed by atoms with van der Waals surface area (Å²) in [6.07, 6.45) is 3.51. The zero-order chi connectivity index (χ0) is 10.1. The molecule has 0 aliphatic heterocycles. The van der Waals surface area contributed by atoms with Crippen molar-refractivity contribution in [2.24, 2.45) is 7.05 Å². The van der Waals surface area contributed by atoms with E-state index in [9.17, 15) is 0 Å². The largest absolute Gasteiger partial charge is 0.396 e. The summed E-state index contributed by atoms with van der Waals surface area (Å²) in [5.41, 5.74) is 8.09. The molecule has 0 aliphatic rings. The van der Waals surface area contributed by atoms with Crippen molar-refractivity contribution in [3.63, 3.8) is 0 Å². The zero-order valence-corrected chi connectivity index (χ0v) is 8.18. The van der Waals surface area contributed by atoms with Crippen LogP contribution in [0.15, 0.2) is 12.4 Å². The number of rotatable bonds is 2. The molecule has 14 heavy (non-hydrogen) atoms. The third-order valence-electron chi connectivity index (χ3n) is 1.96. The number of hydrogen-bond acceptors (Lipinski definition) is 4. The lowest BCUT2D eigenvalue weighted by Gasteiger charge is -1.95. The Morgan fingerprint density at radius 1 is 1.43 bits per heavy atom. The normalized spacial score (nSPS) is 10.7. The van der Waals surface area contributed by atoms with Crippen molar-refractivity contribution in [2.75, 3.05) is 5.73 Å². The third kappa shape index (κ3) is 1.59. The topological polar surface area (TPSA) is 74.5 Å². The zero-order valence-electron chi connectivity index (χ0n) is 8.18. The van der Waals surface area contributed by atoms with Crippen molar-refractivity contribution in [3.05, 3.63) is 23.8 Å². The Kier molecular flexibility index (Phi) is 1.95. The standard InChI is InChI=1S/C8H12N6/c1-6-8(9)5-14(11-6)4-7-3-10-13(2)12-7/h3,5H,4,9H2,1-2H3. The van der Waals surface area contributed by atoms with Crippen LogP contribution in [-0.4, -0.2) is 24.8 Å². The van der Waals surface area contributed by atoms with Crippen LogP contribution >= 0.6 is 0 Å². The van der Waals surface area contributed by atoms with Crippen molar-refractivity contribution < 1.29 is 0 Å². The van der Waals surface area contributed by atoms with E-state index >= 15 is 0 Å². The van der Waals surface area contributed by atoms with Gasteiger partial charge in [-0.1, -0.05) is 0 Å². The van der Waals surface area contributed by atoms with Crippen LogP contribution in [0.2, 0.25) is 0 Å². The summed E-state index contributed by atoms with van der Waals surface area (Å²) in [6.45, 7) is 2.48. The summed E-state index contributed by atoms with van der Waals surface area (Å²) in [5.74, 6) is 0. The number of anilines is 1. The average molecular weight is 192 g/mol. The molecule has 0 aromatic carbocycles. The Hall–Kier alpha value is -1.85. The lowest BCUT2D eigenvalue weighted by Crippen LogP contribution is -2.02. The molecule has 0 saturated heterocycles. The minimum absolute atomic E-state index is 0.603. The van der Waals surface area contributed by atoms with Gasteiger partial charge in [0.15, 0.2) is 0 Å². The van der Waals surface area contributed by atoms with E-state index in [-0.39, 0.29) is 0 Å². The molecule has 0 unspecified atom stereocenters. The van der Waals surface area contributed by atoms with Gasteiger partial charge in [0.1, 0.15) is 5.69 Å². The predicted molar refractivity (Wildman–Crippen MR) is 51.5 cm³/mol. The van der Waals surface area contributed by atoms with Crippen molar-refractivity contribution in [3.8, 4) is 0 Å². The van der Waals surface area contributed by atoms with Crippen LogP contribution in [-0.2, 0) is 13.6 Å². The van der Waals surface area contributed by atoms with E-state index in [0.717, 1.165) is 11.4 Å². The molecule has 0 atom stereocenters. The summed E-state index contributed by atoms with van der Waals surface area (Å²) in [5, 5.41) is 12.4. The first-order chi connectivity index (χ1) is 6.65. The van der Waals surface area contributed by atoms with Crippen molar-refractivity contribution in [1.29, 1.82) is 0 Å². The van der Waals surface area contributed by atoms with E-state index in [2.05, 4.69) is 15.3 Å². The predicted octanol–water partition coefficient (Wildman–Crippen LogP) is -0.0495. The van der Waals surface area contributed by atoms with Crippen LogP contribution in [0, 0.1) is 6.92 Å². The molecule has 2 aromatic heterocycles. The van der Waals surface area contributed by atoms with Gasteiger partial charge in [-0.15, -0.1) is 0 Å². The molecule has 0 bridgehead atoms. The summed E-state index contributed by atoms with van der Waals surface area (Å²) in [6, 6.07) is 0. The molecule has 6 nitrogen and oxygen atoms in total. The molecule has 2 N–H and O–H groups in total. The first-order valence-electron chi connectivity index (χ1n) is 4.30. The maximum absolute atomic E-state index is 5.67. The lowest BCUT2D eigenvalue weighted by atomic mass is 10.4. The van der Waals surface area contributed by atoms with E-state index in [1.165, 1.54) is 4.80 Å². The van der Waals surface area contributed by atoms with Crippen molar-refractivity contribution in [1.82, 2.24) is 24.8 Å². The Labute approximate surface area is 81.3 Å². The average Bonchev–Trinajstić information content (AvgIpc) is 2.62. The van der Waals surface area contributed by atoms with Crippen molar-refractivity contribution in [2.45, 2.75) is 13.5 Å². The summed E-state index contributed by atoms with van der Waals surface area (Å²) < 4.78 is 1.76. The summed E-state index contributed by atoms with van der Waals surface area (Å²) in [7, 11) is 1.78. The van der Waals surface area contributed by atoms with E-state index in [0.29, 0.717) is 12.2 Å². The van der Waals surface area contributed by atoms with Crippen LogP contribution in [0.5, 0.6) is 0 Å². The molecular formula is C8H12N6. The molecule has 0 saturated carbocycles. The monoisotopic (exact) mass is 192 g/mol. The Bertz CT molecular complexity index is 421. The minimum Gasteiger partial charge on any atom is -0.396 e. The number of nitrogens with zero attached hydrogens (tertiary/aromatic N) is 5. The highest BCUT2D eigenvalue weighted by atomic mass is 15.5. The third-order valence-corrected chi connectivity index (χ3v) is 1.96. The van der Waals surface area contributed by atoms with Gasteiger partial charge in [-0.3, -0.25) is 4.68 Å². The summed E-state index contributed by atoms with van der Waals surface area (Å²) >= 11 is 0. The second-order valence-electron chi connectivity index (χ2n) is 3.19. The lowest BCUT2D eigenvalue weighted by molar-refractivity contribution is 0.618. The maximum Gasteiger partial charge on any atom is 0.104 e. The fraction of sp³-hybridized carbons (Fsp3) is 0.375. The molecule has 2 aromatic rings. The molecule has 6 heteroatoms. The molecule has 0 radical (unpaired) electrons. The molecule has 0 amide bonds. The van der Waals surface area contributed by atoms with Gasteiger partial charge < -0.3 is 5.73 Å².